The fourth-order valence-electron chi connectivity index (χ4n) is 1.56. The summed E-state index contributed by atoms with van der Waals surface area (Å²) in [5.74, 6) is 0.126. The van der Waals surface area contributed by atoms with Crippen molar-refractivity contribution in [3.05, 3.63) is 29.8 Å². The van der Waals surface area contributed by atoms with Crippen LogP contribution in [-0.4, -0.2) is 28.5 Å². The Morgan fingerprint density at radius 1 is 1.21 bits per heavy atom. The molecule has 5 heteroatoms. The lowest BCUT2D eigenvalue weighted by atomic mass is 9.93. The number of phenols is 1. The van der Waals surface area contributed by atoms with Gasteiger partial charge in [-0.25, -0.2) is 4.79 Å². The van der Waals surface area contributed by atoms with Gasteiger partial charge in [-0.2, -0.15) is 0 Å². The maximum Gasteiger partial charge on any atom is 0.408 e. The van der Waals surface area contributed by atoms with E-state index in [9.17, 15) is 15.0 Å². The van der Waals surface area contributed by atoms with Crippen LogP contribution in [0.4, 0.5) is 4.79 Å². The summed E-state index contributed by atoms with van der Waals surface area (Å²) in [6, 6.07) is 6.28. The normalized spacial score (nSPS) is 14.6. The molecule has 1 rings (SSSR count). The third-order valence-electron chi connectivity index (χ3n) is 2.60. The first-order valence-electron chi connectivity index (χ1n) is 6.08. The Kier molecular flexibility index (Phi) is 4.42. The number of aliphatic hydroxyl groups is 1. The molecule has 1 unspecified atom stereocenters. The Balaban J connectivity index is 2.86. The maximum absolute atomic E-state index is 11.8. The number of phenolic OH excluding ortho intramolecular Hbond substituents is 1. The summed E-state index contributed by atoms with van der Waals surface area (Å²) in [7, 11) is 0. The third kappa shape index (κ3) is 4.44. The Bertz CT molecular complexity index is 436. The number of carbonyl (C=O) groups is 1. The number of aromatic hydroxyl groups is 1. The molecule has 0 saturated carbocycles. The summed E-state index contributed by atoms with van der Waals surface area (Å²) in [4.78, 5) is 11.8. The third-order valence-corrected chi connectivity index (χ3v) is 2.60. The zero-order valence-electron chi connectivity index (χ0n) is 11.7. The Labute approximate surface area is 113 Å². The van der Waals surface area contributed by atoms with Gasteiger partial charge in [0.2, 0.25) is 0 Å². The number of benzene rings is 1. The fraction of sp³-hybridized carbons (Fsp3) is 0.500. The van der Waals surface area contributed by atoms with Gasteiger partial charge in [0.05, 0.1) is 12.1 Å². The standard InChI is InChI=1S/C14H21NO4/c1-13(2,3)19-12(18)15-14(4,9-16)10-5-7-11(17)8-6-10/h5-8,16-17H,9H2,1-4H3,(H,15,18). The molecule has 0 aliphatic heterocycles. The summed E-state index contributed by atoms with van der Waals surface area (Å²) in [6.07, 6.45) is -0.600. The van der Waals surface area contributed by atoms with Crippen molar-refractivity contribution < 1.29 is 19.7 Å². The van der Waals surface area contributed by atoms with Crippen LogP contribution in [0, 0.1) is 0 Å². The van der Waals surface area contributed by atoms with E-state index in [2.05, 4.69) is 5.32 Å². The van der Waals surface area contributed by atoms with Crippen LogP contribution in [-0.2, 0) is 10.3 Å². The molecule has 1 amide bonds. The van der Waals surface area contributed by atoms with E-state index in [1.54, 1.807) is 39.8 Å². The minimum atomic E-state index is -0.962. The lowest BCUT2D eigenvalue weighted by Gasteiger charge is -2.30. The molecule has 0 radical (unpaired) electrons. The van der Waals surface area contributed by atoms with E-state index in [1.807, 2.05) is 0 Å². The van der Waals surface area contributed by atoms with Crippen LogP contribution in [0.3, 0.4) is 0 Å². The van der Waals surface area contributed by atoms with Crippen LogP contribution in [0.1, 0.15) is 33.3 Å². The summed E-state index contributed by atoms with van der Waals surface area (Å²) < 4.78 is 5.17. The van der Waals surface area contributed by atoms with Gasteiger partial charge in [0, 0.05) is 0 Å². The van der Waals surface area contributed by atoms with E-state index < -0.39 is 17.2 Å². The molecule has 1 atom stereocenters. The van der Waals surface area contributed by atoms with Gasteiger partial charge in [0.15, 0.2) is 0 Å². The number of alkyl carbamates (subject to hydrolysis) is 1. The van der Waals surface area contributed by atoms with Crippen LogP contribution < -0.4 is 5.32 Å². The minimum absolute atomic E-state index is 0.126. The summed E-state index contributed by atoms with van der Waals surface area (Å²) in [6.45, 7) is 6.70. The van der Waals surface area contributed by atoms with E-state index in [0.29, 0.717) is 5.56 Å². The van der Waals surface area contributed by atoms with Gasteiger partial charge in [-0.1, -0.05) is 12.1 Å². The van der Waals surface area contributed by atoms with E-state index in [-0.39, 0.29) is 12.4 Å². The second-order valence-corrected chi connectivity index (χ2v) is 5.66. The number of rotatable bonds is 3. The molecule has 0 heterocycles. The first-order chi connectivity index (χ1) is 8.66. The molecule has 106 valence electrons. The van der Waals surface area contributed by atoms with Crippen molar-refractivity contribution in [1.82, 2.24) is 5.32 Å². The predicted octanol–water partition coefficient (Wildman–Crippen LogP) is 2.12. The average molecular weight is 267 g/mol. The van der Waals surface area contributed by atoms with Crippen molar-refractivity contribution in [2.75, 3.05) is 6.61 Å². The number of amides is 1. The lowest BCUT2D eigenvalue weighted by molar-refractivity contribution is 0.0411. The fourth-order valence-corrected chi connectivity index (χ4v) is 1.56. The number of carbonyl (C=O) groups excluding carboxylic acids is 1. The van der Waals surface area contributed by atoms with Gasteiger partial charge in [0.25, 0.3) is 0 Å². The molecule has 0 aliphatic rings. The average Bonchev–Trinajstić information content (AvgIpc) is 2.26. The quantitative estimate of drug-likeness (QED) is 0.784. The van der Waals surface area contributed by atoms with Crippen molar-refractivity contribution in [2.24, 2.45) is 0 Å². The molecule has 0 spiro atoms. The summed E-state index contributed by atoms with van der Waals surface area (Å²) >= 11 is 0. The Hall–Kier alpha value is -1.75. The molecule has 3 N–H and O–H groups in total. The van der Waals surface area contributed by atoms with Crippen LogP contribution >= 0.6 is 0 Å². The lowest BCUT2D eigenvalue weighted by Crippen LogP contribution is -2.48. The van der Waals surface area contributed by atoms with Gasteiger partial charge in [-0.3, -0.25) is 0 Å². The SMILES string of the molecule is CC(C)(C)OC(=O)NC(C)(CO)c1ccc(O)cc1. The Morgan fingerprint density at radius 2 is 1.74 bits per heavy atom. The minimum Gasteiger partial charge on any atom is -0.508 e. The molecule has 19 heavy (non-hydrogen) atoms. The zero-order chi connectivity index (χ0) is 14.7. The number of hydrogen-bond acceptors (Lipinski definition) is 4. The second kappa shape index (κ2) is 5.48. The Morgan fingerprint density at radius 3 is 2.16 bits per heavy atom. The van der Waals surface area contributed by atoms with Gasteiger partial charge in [0.1, 0.15) is 11.4 Å². The smallest absolute Gasteiger partial charge is 0.408 e. The highest BCUT2D eigenvalue weighted by Crippen LogP contribution is 2.23. The zero-order valence-corrected chi connectivity index (χ0v) is 11.7. The topological polar surface area (TPSA) is 78.8 Å². The van der Waals surface area contributed by atoms with Crippen LogP contribution in [0.5, 0.6) is 5.75 Å². The number of nitrogens with one attached hydrogen (secondary N) is 1. The van der Waals surface area contributed by atoms with Gasteiger partial charge < -0.3 is 20.3 Å². The monoisotopic (exact) mass is 267 g/mol. The van der Waals surface area contributed by atoms with Crippen molar-refractivity contribution in [1.29, 1.82) is 0 Å². The van der Waals surface area contributed by atoms with Crippen LogP contribution in [0.2, 0.25) is 0 Å². The highest BCUT2D eigenvalue weighted by molar-refractivity contribution is 5.69. The molecule has 5 nitrogen and oxygen atoms in total. The second-order valence-electron chi connectivity index (χ2n) is 5.66. The largest absolute Gasteiger partial charge is 0.508 e. The van der Waals surface area contributed by atoms with Crippen molar-refractivity contribution in [3.63, 3.8) is 0 Å². The van der Waals surface area contributed by atoms with Crippen molar-refractivity contribution >= 4 is 6.09 Å². The summed E-state index contributed by atoms with van der Waals surface area (Å²) in [5, 5.41) is 21.4. The molecule has 0 aromatic heterocycles. The molecule has 0 aliphatic carbocycles. The first kappa shape index (κ1) is 15.3. The van der Waals surface area contributed by atoms with E-state index in [1.165, 1.54) is 12.1 Å². The van der Waals surface area contributed by atoms with E-state index >= 15 is 0 Å². The highest BCUT2D eigenvalue weighted by Gasteiger charge is 2.30. The van der Waals surface area contributed by atoms with Gasteiger partial charge >= 0.3 is 6.09 Å². The van der Waals surface area contributed by atoms with E-state index in [4.69, 9.17) is 4.74 Å². The summed E-state index contributed by atoms with van der Waals surface area (Å²) in [5.41, 5.74) is -0.885. The number of ether oxygens (including phenoxy) is 1. The van der Waals surface area contributed by atoms with Crippen molar-refractivity contribution in [3.8, 4) is 5.75 Å². The van der Waals surface area contributed by atoms with Crippen LogP contribution in [0.25, 0.3) is 0 Å². The van der Waals surface area contributed by atoms with Crippen molar-refractivity contribution in [2.45, 2.75) is 38.8 Å². The molecule has 1 aromatic carbocycles. The molecular formula is C14H21NO4. The maximum atomic E-state index is 11.8. The highest BCUT2D eigenvalue weighted by atomic mass is 16.6. The first-order valence-corrected chi connectivity index (χ1v) is 6.08. The van der Waals surface area contributed by atoms with E-state index in [0.717, 1.165) is 0 Å². The molecule has 0 saturated heterocycles. The molecular weight excluding hydrogens is 246 g/mol. The van der Waals surface area contributed by atoms with Gasteiger partial charge in [-0.05, 0) is 45.4 Å². The molecule has 1 aromatic rings. The van der Waals surface area contributed by atoms with Gasteiger partial charge in [-0.15, -0.1) is 0 Å². The molecule has 0 fully saturated rings. The number of hydrogen-bond donors (Lipinski definition) is 3. The number of aliphatic hydroxyl groups excluding tert-OH is 1. The predicted molar refractivity (Wildman–Crippen MR) is 71.9 cm³/mol. The van der Waals surface area contributed by atoms with Crippen LogP contribution in [0.15, 0.2) is 24.3 Å². The molecule has 0 bridgehead atoms.